The molecule has 3 heterocycles. The van der Waals surface area contributed by atoms with Gasteiger partial charge in [-0.1, -0.05) is 52.0 Å². The monoisotopic (exact) mass is 486 g/mol. The lowest BCUT2D eigenvalue weighted by Crippen LogP contribution is -2.56. The number of aromatic amines is 1. The van der Waals surface area contributed by atoms with E-state index in [0.717, 1.165) is 36.8 Å². The van der Waals surface area contributed by atoms with Gasteiger partial charge in [0.15, 0.2) is 5.82 Å². The number of benzene rings is 1. The van der Waals surface area contributed by atoms with E-state index in [1.165, 1.54) is 11.8 Å². The molecule has 0 radical (unpaired) electrons. The number of amides is 1. The molecule has 2 aromatic rings. The number of rotatable bonds is 4. The SMILES string of the molecule is C[C@@H]1[C@@H]2CC=C[C@@H](O2)[C@H](C)[C@@]1(O)c1ccc(NC(=O)c2ncc(C#N)[nH]2)c(C2=CCC(C)(C)CC2)c1. The van der Waals surface area contributed by atoms with Crippen LogP contribution < -0.4 is 5.32 Å². The Hall–Kier alpha value is -3.21. The van der Waals surface area contributed by atoms with Gasteiger partial charge in [-0.25, -0.2) is 4.98 Å². The van der Waals surface area contributed by atoms with Crippen molar-refractivity contribution < 1.29 is 14.6 Å². The van der Waals surface area contributed by atoms with Gasteiger partial charge in [0.2, 0.25) is 0 Å². The first-order valence-corrected chi connectivity index (χ1v) is 12.8. The van der Waals surface area contributed by atoms with E-state index in [2.05, 4.69) is 67.3 Å². The van der Waals surface area contributed by atoms with E-state index in [-0.39, 0.29) is 41.0 Å². The summed E-state index contributed by atoms with van der Waals surface area (Å²) in [4.78, 5) is 19.7. The first-order chi connectivity index (χ1) is 17.1. The van der Waals surface area contributed by atoms with Gasteiger partial charge >= 0.3 is 0 Å². The number of aromatic nitrogens is 2. The minimum atomic E-state index is -1.06. The van der Waals surface area contributed by atoms with E-state index in [1.54, 1.807) is 0 Å². The molecule has 3 aliphatic rings. The molecule has 5 rings (SSSR count). The Morgan fingerprint density at radius 3 is 2.81 bits per heavy atom. The van der Waals surface area contributed by atoms with Crippen LogP contribution in [-0.2, 0) is 10.3 Å². The number of nitrogens with zero attached hydrogens (tertiary/aromatic N) is 2. The highest BCUT2D eigenvalue weighted by atomic mass is 16.5. The number of carbonyl (C=O) groups is 1. The maximum atomic E-state index is 13.0. The number of ether oxygens (including phenoxy) is 1. The molecular formula is C29H34N4O3. The highest BCUT2D eigenvalue weighted by Gasteiger charge is 2.52. The molecule has 2 aliphatic heterocycles. The Balaban J connectivity index is 1.55. The smallest absolute Gasteiger partial charge is 0.291 e. The summed E-state index contributed by atoms with van der Waals surface area (Å²) >= 11 is 0. The molecule has 0 unspecified atom stereocenters. The Morgan fingerprint density at radius 2 is 2.11 bits per heavy atom. The molecule has 188 valence electrons. The number of anilines is 1. The van der Waals surface area contributed by atoms with Crippen LogP contribution in [0.2, 0.25) is 0 Å². The van der Waals surface area contributed by atoms with Crippen molar-refractivity contribution in [2.45, 2.75) is 71.2 Å². The average Bonchev–Trinajstić information content (AvgIpc) is 3.37. The fourth-order valence-corrected chi connectivity index (χ4v) is 5.89. The second kappa shape index (κ2) is 9.02. The highest BCUT2D eigenvalue weighted by molar-refractivity contribution is 6.03. The summed E-state index contributed by atoms with van der Waals surface area (Å²) in [6, 6.07) is 7.82. The summed E-state index contributed by atoms with van der Waals surface area (Å²) in [7, 11) is 0. The molecule has 2 bridgehead atoms. The number of carbonyl (C=O) groups excluding carboxylic acids is 1. The molecule has 1 saturated heterocycles. The number of hydrogen-bond donors (Lipinski definition) is 3. The molecule has 1 amide bonds. The Morgan fingerprint density at radius 1 is 1.31 bits per heavy atom. The second-order valence-corrected chi connectivity index (χ2v) is 11.3. The van der Waals surface area contributed by atoms with Crippen molar-refractivity contribution in [3.8, 4) is 6.07 Å². The fraction of sp³-hybridized carbons (Fsp3) is 0.483. The molecule has 7 heteroatoms. The van der Waals surface area contributed by atoms with Crippen molar-refractivity contribution in [3.05, 3.63) is 65.3 Å². The molecule has 1 fully saturated rings. The molecule has 0 spiro atoms. The summed E-state index contributed by atoms with van der Waals surface area (Å²) in [5.74, 6) is -0.534. The predicted molar refractivity (Wildman–Crippen MR) is 138 cm³/mol. The zero-order valence-electron chi connectivity index (χ0n) is 21.3. The Labute approximate surface area is 212 Å². The van der Waals surface area contributed by atoms with Gasteiger partial charge in [0.05, 0.1) is 24.0 Å². The topological polar surface area (TPSA) is 111 Å². The maximum absolute atomic E-state index is 13.0. The van der Waals surface area contributed by atoms with E-state index in [4.69, 9.17) is 10.00 Å². The Kier molecular flexibility index (Phi) is 6.14. The largest absolute Gasteiger partial charge is 0.384 e. The number of allylic oxidation sites excluding steroid dienone is 2. The molecule has 0 saturated carbocycles. The molecule has 1 aliphatic carbocycles. The third-order valence-electron chi connectivity index (χ3n) is 8.42. The zero-order chi connectivity index (χ0) is 25.7. The van der Waals surface area contributed by atoms with Crippen LogP contribution in [0, 0.1) is 28.6 Å². The number of fused-ring (bicyclic) bond motifs is 2. The highest BCUT2D eigenvalue weighted by Crippen LogP contribution is 2.50. The molecule has 7 nitrogen and oxygen atoms in total. The van der Waals surface area contributed by atoms with Crippen LogP contribution >= 0.6 is 0 Å². The van der Waals surface area contributed by atoms with E-state index in [1.807, 2.05) is 18.2 Å². The quantitative estimate of drug-likeness (QED) is 0.507. The molecule has 3 N–H and O–H groups in total. The van der Waals surface area contributed by atoms with E-state index >= 15 is 0 Å². The number of H-pyrrole nitrogens is 1. The normalized spacial score (nSPS) is 30.8. The van der Waals surface area contributed by atoms with Crippen molar-refractivity contribution in [2.75, 3.05) is 5.32 Å². The summed E-state index contributed by atoms with van der Waals surface area (Å²) in [6.45, 7) is 8.65. The Bertz CT molecular complexity index is 1280. The molecule has 5 atom stereocenters. The summed E-state index contributed by atoms with van der Waals surface area (Å²) in [5.41, 5.74) is 3.01. The number of nitrogens with one attached hydrogen (secondary N) is 2. The predicted octanol–water partition coefficient (Wildman–Crippen LogP) is 5.31. The van der Waals surface area contributed by atoms with Crippen LogP contribution in [0.4, 0.5) is 5.69 Å². The first kappa shape index (κ1) is 24.5. The van der Waals surface area contributed by atoms with Crippen LogP contribution in [0.25, 0.3) is 5.57 Å². The third kappa shape index (κ3) is 4.19. The van der Waals surface area contributed by atoms with Gasteiger partial charge in [0, 0.05) is 23.1 Å². The average molecular weight is 487 g/mol. The maximum Gasteiger partial charge on any atom is 0.291 e. The van der Waals surface area contributed by atoms with Crippen LogP contribution in [0.3, 0.4) is 0 Å². The number of aliphatic hydroxyl groups is 1. The van der Waals surface area contributed by atoms with Gasteiger partial charge < -0.3 is 20.1 Å². The zero-order valence-corrected chi connectivity index (χ0v) is 21.3. The molecule has 1 aromatic heterocycles. The van der Waals surface area contributed by atoms with Gasteiger partial charge in [-0.2, -0.15) is 5.26 Å². The third-order valence-corrected chi connectivity index (χ3v) is 8.42. The van der Waals surface area contributed by atoms with Crippen molar-refractivity contribution >= 4 is 17.2 Å². The van der Waals surface area contributed by atoms with E-state index in [9.17, 15) is 9.90 Å². The van der Waals surface area contributed by atoms with Crippen LogP contribution in [0.1, 0.15) is 80.8 Å². The lowest BCUT2D eigenvalue weighted by molar-refractivity contribution is -0.212. The number of imidazole rings is 1. The second-order valence-electron chi connectivity index (χ2n) is 11.3. The number of hydrogen-bond acceptors (Lipinski definition) is 5. The van der Waals surface area contributed by atoms with Crippen molar-refractivity contribution in [3.63, 3.8) is 0 Å². The first-order valence-electron chi connectivity index (χ1n) is 12.8. The van der Waals surface area contributed by atoms with Crippen LogP contribution in [0.15, 0.2) is 42.6 Å². The summed E-state index contributed by atoms with van der Waals surface area (Å²) in [6.07, 6.45) is 11.3. The summed E-state index contributed by atoms with van der Waals surface area (Å²) < 4.78 is 6.22. The standard InChI is InChI=1S/C29H34N4O3/c1-17-24-6-5-7-25(36-24)18(2)29(17,35)20-8-9-23(33-27(34)26-31-16-21(15-30)32-26)22(14-20)19-10-12-28(3,4)13-11-19/h5-6,8-10,14,16-18,24-25,35H,7,11-13H2,1-4H3,(H,31,32)(H,33,34)/t17-,18+,24+,25-,29-/m0/s1. The van der Waals surface area contributed by atoms with Gasteiger partial charge in [-0.15, -0.1) is 0 Å². The van der Waals surface area contributed by atoms with Gasteiger partial charge in [0.25, 0.3) is 5.91 Å². The van der Waals surface area contributed by atoms with Crippen LogP contribution in [-0.4, -0.2) is 33.2 Å². The van der Waals surface area contributed by atoms with Gasteiger partial charge in [-0.05, 0) is 54.4 Å². The van der Waals surface area contributed by atoms with E-state index in [0.29, 0.717) is 5.69 Å². The van der Waals surface area contributed by atoms with Gasteiger partial charge in [-0.3, -0.25) is 4.79 Å². The minimum Gasteiger partial charge on any atom is -0.384 e. The van der Waals surface area contributed by atoms with Gasteiger partial charge in [0.1, 0.15) is 11.8 Å². The van der Waals surface area contributed by atoms with E-state index < -0.39 is 11.5 Å². The van der Waals surface area contributed by atoms with Crippen molar-refractivity contribution in [1.82, 2.24) is 9.97 Å². The van der Waals surface area contributed by atoms with Crippen LogP contribution in [0.5, 0.6) is 0 Å². The number of nitriles is 1. The fourth-order valence-electron chi connectivity index (χ4n) is 5.89. The minimum absolute atomic E-state index is 0.0352. The lowest BCUT2D eigenvalue weighted by atomic mass is 9.65. The molecular weight excluding hydrogens is 452 g/mol. The lowest BCUT2D eigenvalue weighted by Gasteiger charge is -2.52. The molecule has 1 aromatic carbocycles. The summed E-state index contributed by atoms with van der Waals surface area (Å²) in [5, 5.41) is 24.3. The van der Waals surface area contributed by atoms with Crippen molar-refractivity contribution in [2.24, 2.45) is 17.3 Å². The molecule has 36 heavy (non-hydrogen) atoms. The van der Waals surface area contributed by atoms with Crippen molar-refractivity contribution in [1.29, 1.82) is 5.26 Å².